The number of urea groups is 1. The van der Waals surface area contributed by atoms with Gasteiger partial charge in [0.05, 0.1) is 5.69 Å². The van der Waals surface area contributed by atoms with Crippen LogP contribution in [0.4, 0.5) is 10.7 Å². The molecule has 0 radical (unpaired) electrons. The van der Waals surface area contributed by atoms with Gasteiger partial charge in [0.25, 0.3) is 5.91 Å². The number of anilines is 1. The van der Waals surface area contributed by atoms with E-state index >= 15 is 0 Å². The smallest absolute Gasteiger partial charge is 0.314 e. The van der Waals surface area contributed by atoms with E-state index in [2.05, 4.69) is 25.9 Å². The first-order valence-electron chi connectivity index (χ1n) is 9.13. The van der Waals surface area contributed by atoms with Crippen LogP contribution in [0.25, 0.3) is 11.3 Å². The lowest BCUT2D eigenvalue weighted by Gasteiger charge is -2.13. The molecule has 4 bridgehead atoms. The summed E-state index contributed by atoms with van der Waals surface area (Å²) in [6.45, 7) is 5.36. The van der Waals surface area contributed by atoms with E-state index in [1.54, 1.807) is 0 Å². The van der Waals surface area contributed by atoms with Gasteiger partial charge in [-0.1, -0.05) is 6.07 Å². The van der Waals surface area contributed by atoms with Crippen molar-refractivity contribution in [1.82, 2.24) is 25.9 Å². The lowest BCUT2D eigenvalue weighted by atomic mass is 9.97. The summed E-state index contributed by atoms with van der Waals surface area (Å²) in [6.07, 6.45) is 0.647. The Morgan fingerprint density at radius 2 is 1.64 bits per heavy atom. The van der Waals surface area contributed by atoms with Gasteiger partial charge in [0.15, 0.2) is 0 Å². The fourth-order valence-electron chi connectivity index (χ4n) is 3.00. The van der Waals surface area contributed by atoms with Crippen molar-refractivity contribution in [3.8, 4) is 11.3 Å². The molecule has 1 aromatic carbocycles. The van der Waals surface area contributed by atoms with E-state index in [1.165, 1.54) is 11.8 Å². The Hall–Kier alpha value is -2.81. The Morgan fingerprint density at radius 3 is 2.46 bits per heavy atom. The normalized spacial score (nSPS) is 15.8. The molecule has 28 heavy (non-hydrogen) atoms. The van der Waals surface area contributed by atoms with E-state index in [9.17, 15) is 9.59 Å². The van der Waals surface area contributed by atoms with E-state index in [-0.39, 0.29) is 17.9 Å². The fourth-order valence-corrected chi connectivity index (χ4v) is 3.76. The molecule has 3 rings (SSSR count). The number of benzene rings is 1. The summed E-state index contributed by atoms with van der Waals surface area (Å²) >= 11 is 1.49. The van der Waals surface area contributed by atoms with Gasteiger partial charge < -0.3 is 21.7 Å². The highest BCUT2D eigenvalue weighted by molar-refractivity contribution is 7.99. The minimum atomic E-state index is -0.225. The Balaban J connectivity index is 1.99. The highest BCUT2D eigenvalue weighted by Gasteiger charge is 2.15. The van der Waals surface area contributed by atoms with Crippen LogP contribution in [0.15, 0.2) is 23.2 Å². The molecule has 0 saturated heterocycles. The van der Waals surface area contributed by atoms with Crippen LogP contribution in [0.3, 0.4) is 0 Å². The maximum atomic E-state index is 12.6. The van der Waals surface area contributed by atoms with Crippen molar-refractivity contribution in [2.24, 2.45) is 0 Å². The number of aromatic nitrogens is 2. The van der Waals surface area contributed by atoms with Crippen molar-refractivity contribution in [2.45, 2.75) is 25.3 Å². The van der Waals surface area contributed by atoms with Gasteiger partial charge in [0.1, 0.15) is 5.03 Å². The number of nitrogen functional groups attached to an aromatic ring is 1. The summed E-state index contributed by atoms with van der Waals surface area (Å²) < 4.78 is 0. The Labute approximate surface area is 168 Å². The molecule has 0 spiro atoms. The second-order valence-electron chi connectivity index (χ2n) is 6.57. The lowest BCUT2D eigenvalue weighted by Crippen LogP contribution is -2.38. The number of rotatable bonds is 0. The summed E-state index contributed by atoms with van der Waals surface area (Å²) in [4.78, 5) is 33.0. The van der Waals surface area contributed by atoms with Crippen molar-refractivity contribution in [3.63, 3.8) is 0 Å². The van der Waals surface area contributed by atoms with E-state index < -0.39 is 0 Å². The van der Waals surface area contributed by atoms with E-state index in [1.807, 2.05) is 32.0 Å². The highest BCUT2D eigenvalue weighted by atomic mass is 32.2. The number of hydrogen-bond donors (Lipinski definition) is 4. The van der Waals surface area contributed by atoms with Crippen molar-refractivity contribution in [2.75, 3.05) is 31.1 Å². The average Bonchev–Trinajstić information content (AvgIpc) is 2.64. The lowest BCUT2D eigenvalue weighted by molar-refractivity contribution is 0.0953. The molecule has 3 amide bonds. The standard InChI is InChI=1S/C19H24N6O2S/c1-11-8-12(2)14-9-13(11)15-10-16(25-18(20)24-15)28-7-6-23-19(27)22-5-3-4-21-17(14)26/h8-10H,3-7H2,1-2H3,(H,21,26)(H2,20,24,25)(H2,22,23,27). The zero-order chi connectivity index (χ0) is 20.1. The van der Waals surface area contributed by atoms with Crippen LogP contribution in [0, 0.1) is 13.8 Å². The molecule has 0 saturated carbocycles. The predicted molar refractivity (Wildman–Crippen MR) is 110 cm³/mol. The molecule has 1 aromatic heterocycles. The molecule has 1 aliphatic rings. The minimum Gasteiger partial charge on any atom is -0.368 e. The van der Waals surface area contributed by atoms with Crippen LogP contribution in [0.1, 0.15) is 27.9 Å². The average molecular weight is 401 g/mol. The number of thioether (sulfide) groups is 1. The third kappa shape index (κ3) is 4.92. The molecular weight excluding hydrogens is 376 g/mol. The molecular formula is C19H24N6O2S. The van der Waals surface area contributed by atoms with Crippen LogP contribution in [-0.2, 0) is 0 Å². The number of nitrogens with two attached hydrogens (primary N) is 1. The van der Waals surface area contributed by atoms with Gasteiger partial charge in [-0.25, -0.2) is 14.8 Å². The summed E-state index contributed by atoms with van der Waals surface area (Å²) in [5, 5.41) is 9.20. The fraction of sp³-hybridized carbons (Fsp3) is 0.368. The number of fused-ring (bicyclic) bond motifs is 5. The zero-order valence-corrected chi connectivity index (χ0v) is 16.8. The van der Waals surface area contributed by atoms with Gasteiger partial charge in [-0.2, -0.15) is 0 Å². The molecule has 0 atom stereocenters. The predicted octanol–water partition coefficient (Wildman–Crippen LogP) is 1.87. The second-order valence-corrected chi connectivity index (χ2v) is 7.69. The summed E-state index contributed by atoms with van der Waals surface area (Å²) in [5.74, 6) is 0.681. The number of hydrogen-bond acceptors (Lipinski definition) is 6. The molecule has 9 heteroatoms. The molecule has 0 unspecified atom stereocenters. The van der Waals surface area contributed by atoms with Gasteiger partial charge in [-0.3, -0.25) is 4.79 Å². The van der Waals surface area contributed by atoms with Crippen molar-refractivity contribution in [1.29, 1.82) is 0 Å². The minimum absolute atomic E-state index is 0.149. The van der Waals surface area contributed by atoms with E-state index in [4.69, 9.17) is 5.73 Å². The molecule has 0 aliphatic carbocycles. The molecule has 148 valence electrons. The van der Waals surface area contributed by atoms with Crippen molar-refractivity contribution < 1.29 is 9.59 Å². The van der Waals surface area contributed by atoms with Crippen LogP contribution in [0.2, 0.25) is 0 Å². The first-order chi connectivity index (χ1) is 13.4. The molecule has 8 nitrogen and oxygen atoms in total. The summed E-state index contributed by atoms with van der Waals surface area (Å²) in [6, 6.07) is 5.47. The summed E-state index contributed by atoms with van der Waals surface area (Å²) in [5.41, 5.74) is 9.94. The second kappa shape index (κ2) is 8.92. The van der Waals surface area contributed by atoms with Crippen LogP contribution < -0.4 is 21.7 Å². The number of nitrogens with one attached hydrogen (secondary N) is 3. The number of carbonyl (C=O) groups excluding carboxylic acids is 2. The van der Waals surface area contributed by atoms with Crippen molar-refractivity contribution >= 4 is 29.6 Å². The van der Waals surface area contributed by atoms with Gasteiger partial charge in [-0.05, 0) is 43.5 Å². The number of carbonyl (C=O) groups is 2. The molecule has 5 N–H and O–H groups in total. The number of aryl methyl sites for hydroxylation is 2. The Morgan fingerprint density at radius 1 is 0.929 bits per heavy atom. The largest absolute Gasteiger partial charge is 0.368 e. The number of nitrogens with zero attached hydrogens (tertiary/aromatic N) is 2. The van der Waals surface area contributed by atoms with Gasteiger partial charge in [0, 0.05) is 36.5 Å². The van der Waals surface area contributed by atoms with E-state index in [0.29, 0.717) is 43.1 Å². The highest BCUT2D eigenvalue weighted by Crippen LogP contribution is 2.28. The van der Waals surface area contributed by atoms with Crippen molar-refractivity contribution in [3.05, 3.63) is 34.9 Å². The third-order valence-electron chi connectivity index (χ3n) is 4.37. The Bertz CT molecular complexity index is 902. The molecule has 1 aliphatic heterocycles. The quantitative estimate of drug-likeness (QED) is 0.501. The summed E-state index contributed by atoms with van der Waals surface area (Å²) in [7, 11) is 0. The topological polar surface area (TPSA) is 122 Å². The number of amides is 3. The maximum Gasteiger partial charge on any atom is 0.314 e. The van der Waals surface area contributed by atoms with Crippen LogP contribution >= 0.6 is 11.8 Å². The first-order valence-corrected chi connectivity index (χ1v) is 10.1. The monoisotopic (exact) mass is 400 g/mol. The van der Waals surface area contributed by atoms with Gasteiger partial charge in [-0.15, -0.1) is 11.8 Å². The van der Waals surface area contributed by atoms with Gasteiger partial charge >= 0.3 is 6.03 Å². The van der Waals surface area contributed by atoms with E-state index in [0.717, 1.165) is 21.7 Å². The molecule has 2 aromatic rings. The SMILES string of the molecule is Cc1cc(C)c2cc1C(=O)NCCCNC(=O)NCCSc1cc-2nc(N)n1. The Kier molecular flexibility index (Phi) is 6.35. The van der Waals surface area contributed by atoms with Crippen LogP contribution in [-0.4, -0.2) is 47.3 Å². The third-order valence-corrected chi connectivity index (χ3v) is 5.29. The first kappa shape index (κ1) is 19.9. The van der Waals surface area contributed by atoms with Crippen LogP contribution in [0.5, 0.6) is 0 Å². The van der Waals surface area contributed by atoms with Gasteiger partial charge in [0.2, 0.25) is 5.95 Å². The molecule has 2 heterocycles. The molecule has 0 fully saturated rings. The maximum absolute atomic E-state index is 12.6. The zero-order valence-electron chi connectivity index (χ0n) is 16.0.